The van der Waals surface area contributed by atoms with Gasteiger partial charge in [-0.15, -0.1) is 0 Å². The smallest absolute Gasteiger partial charge is 0.385 e. The first-order valence-electron chi connectivity index (χ1n) is 4.82. The number of hydrogen-bond donors (Lipinski definition) is 0. The summed E-state index contributed by atoms with van der Waals surface area (Å²) >= 11 is 0. The Morgan fingerprint density at radius 2 is 2.06 bits per heavy atom. The van der Waals surface area contributed by atoms with Gasteiger partial charge < -0.3 is 4.74 Å². The summed E-state index contributed by atoms with van der Waals surface area (Å²) < 4.78 is 4.74. The lowest BCUT2D eigenvalue weighted by Gasteiger charge is -2.02. The first kappa shape index (κ1) is 11.0. The molecule has 0 aliphatic carbocycles. The largest absolute Gasteiger partial charge is 0.403 e. The van der Waals surface area contributed by atoms with Crippen molar-refractivity contribution in [2.24, 2.45) is 0 Å². The molecule has 0 atom stereocenters. The van der Waals surface area contributed by atoms with Gasteiger partial charge in [0.1, 0.15) is 0 Å². The lowest BCUT2D eigenvalue weighted by molar-refractivity contribution is -0.469. The van der Waals surface area contributed by atoms with Gasteiger partial charge in [0, 0.05) is 22.6 Å². The zero-order chi connectivity index (χ0) is 12.3. The standard InChI is InChI=1S/C11H8N2O4/c14-11(7-13(15)16)17-10-5-8-3-1-2-4-9(8)6-12-10/h1-6H,7H2. The molecule has 2 rings (SSSR count). The van der Waals surface area contributed by atoms with Gasteiger partial charge in [-0.2, -0.15) is 0 Å². The van der Waals surface area contributed by atoms with Crippen LogP contribution in [0.4, 0.5) is 0 Å². The summed E-state index contributed by atoms with van der Waals surface area (Å²) in [5.74, 6) is -0.867. The highest BCUT2D eigenvalue weighted by Gasteiger charge is 2.12. The molecule has 6 heteroatoms. The van der Waals surface area contributed by atoms with Gasteiger partial charge in [0.15, 0.2) is 0 Å². The topological polar surface area (TPSA) is 82.3 Å². The van der Waals surface area contributed by atoms with E-state index in [-0.39, 0.29) is 5.88 Å². The molecule has 0 bridgehead atoms. The maximum absolute atomic E-state index is 11.1. The van der Waals surface area contributed by atoms with E-state index in [1.54, 1.807) is 12.3 Å². The highest BCUT2D eigenvalue weighted by atomic mass is 16.6. The minimum atomic E-state index is -0.933. The molecule has 17 heavy (non-hydrogen) atoms. The van der Waals surface area contributed by atoms with E-state index in [0.717, 1.165) is 10.8 Å². The van der Waals surface area contributed by atoms with E-state index in [4.69, 9.17) is 4.74 Å². The van der Waals surface area contributed by atoms with Crippen LogP contribution in [0, 0.1) is 10.1 Å². The number of benzene rings is 1. The Bertz CT molecular complexity index is 582. The fraction of sp³-hybridized carbons (Fsp3) is 0.0909. The van der Waals surface area contributed by atoms with Gasteiger partial charge in [-0.3, -0.25) is 10.1 Å². The van der Waals surface area contributed by atoms with Crippen molar-refractivity contribution in [3.8, 4) is 5.88 Å². The Balaban J connectivity index is 2.19. The van der Waals surface area contributed by atoms with E-state index in [0.29, 0.717) is 0 Å². The van der Waals surface area contributed by atoms with E-state index in [1.165, 1.54) is 0 Å². The zero-order valence-electron chi connectivity index (χ0n) is 8.70. The van der Waals surface area contributed by atoms with Crippen LogP contribution in [0.2, 0.25) is 0 Å². The molecule has 1 heterocycles. The molecule has 0 spiro atoms. The molecule has 86 valence electrons. The van der Waals surface area contributed by atoms with Gasteiger partial charge in [0.05, 0.1) is 0 Å². The van der Waals surface area contributed by atoms with Crippen molar-refractivity contribution in [1.29, 1.82) is 0 Å². The van der Waals surface area contributed by atoms with Crippen LogP contribution in [0.1, 0.15) is 0 Å². The number of nitrogens with zero attached hydrogens (tertiary/aromatic N) is 2. The predicted molar refractivity (Wildman–Crippen MR) is 59.2 cm³/mol. The van der Waals surface area contributed by atoms with Crippen LogP contribution >= 0.6 is 0 Å². The summed E-state index contributed by atoms with van der Waals surface area (Å²) in [6.45, 7) is -0.867. The minimum Gasteiger partial charge on any atom is -0.403 e. The number of esters is 1. The molecular weight excluding hydrogens is 224 g/mol. The van der Waals surface area contributed by atoms with Crippen LogP contribution in [0.15, 0.2) is 36.5 Å². The fourth-order valence-electron chi connectivity index (χ4n) is 1.37. The van der Waals surface area contributed by atoms with E-state index >= 15 is 0 Å². The van der Waals surface area contributed by atoms with E-state index in [9.17, 15) is 14.9 Å². The predicted octanol–water partition coefficient (Wildman–Crippen LogP) is 1.42. The second-order valence-corrected chi connectivity index (χ2v) is 3.33. The number of fused-ring (bicyclic) bond motifs is 1. The Morgan fingerprint density at radius 3 is 2.76 bits per heavy atom. The lowest BCUT2D eigenvalue weighted by atomic mass is 10.2. The summed E-state index contributed by atoms with van der Waals surface area (Å²) in [4.78, 5) is 24.3. The number of pyridine rings is 1. The summed E-state index contributed by atoms with van der Waals surface area (Å²) in [6.07, 6.45) is 1.55. The Hall–Kier alpha value is -2.50. The van der Waals surface area contributed by atoms with Crippen molar-refractivity contribution in [2.75, 3.05) is 6.54 Å². The SMILES string of the molecule is O=C(C[N+](=O)[O-])Oc1cc2ccccc2cn1. The molecule has 1 aromatic carbocycles. The maximum Gasteiger partial charge on any atom is 0.385 e. The maximum atomic E-state index is 11.1. The van der Waals surface area contributed by atoms with Gasteiger partial charge >= 0.3 is 5.97 Å². The number of hydrogen-bond acceptors (Lipinski definition) is 5. The van der Waals surface area contributed by atoms with Crippen LogP contribution in [0.25, 0.3) is 10.8 Å². The number of rotatable bonds is 3. The molecule has 0 unspecified atom stereocenters. The molecule has 0 aliphatic heterocycles. The lowest BCUT2D eigenvalue weighted by Crippen LogP contribution is -2.19. The van der Waals surface area contributed by atoms with Crippen LogP contribution in [0.3, 0.4) is 0 Å². The van der Waals surface area contributed by atoms with E-state index in [2.05, 4.69) is 4.98 Å². The third-order valence-electron chi connectivity index (χ3n) is 2.08. The van der Waals surface area contributed by atoms with Gasteiger partial charge in [0.2, 0.25) is 5.88 Å². The number of carbonyl (C=O) groups excluding carboxylic acids is 1. The van der Waals surface area contributed by atoms with Crippen LogP contribution < -0.4 is 4.74 Å². The van der Waals surface area contributed by atoms with Crippen LogP contribution in [0.5, 0.6) is 5.88 Å². The quantitative estimate of drug-likeness (QED) is 0.454. The number of nitro groups is 1. The highest BCUT2D eigenvalue weighted by molar-refractivity contribution is 5.83. The van der Waals surface area contributed by atoms with E-state index in [1.807, 2.05) is 24.3 Å². The number of ether oxygens (including phenoxy) is 1. The third kappa shape index (κ3) is 2.75. The second kappa shape index (κ2) is 4.56. The molecule has 0 saturated carbocycles. The van der Waals surface area contributed by atoms with Crippen molar-refractivity contribution in [1.82, 2.24) is 4.98 Å². The second-order valence-electron chi connectivity index (χ2n) is 3.33. The third-order valence-corrected chi connectivity index (χ3v) is 2.08. The van der Waals surface area contributed by atoms with Crippen molar-refractivity contribution in [3.05, 3.63) is 46.6 Å². The average Bonchev–Trinajstić information content (AvgIpc) is 2.27. The highest BCUT2D eigenvalue weighted by Crippen LogP contribution is 2.17. The van der Waals surface area contributed by atoms with Crippen LogP contribution in [-0.2, 0) is 4.79 Å². The van der Waals surface area contributed by atoms with Gasteiger partial charge in [-0.1, -0.05) is 24.3 Å². The first-order valence-corrected chi connectivity index (χ1v) is 4.82. The van der Waals surface area contributed by atoms with Crippen molar-refractivity contribution >= 4 is 16.7 Å². The summed E-state index contributed by atoms with van der Waals surface area (Å²) in [6, 6.07) is 8.97. The van der Waals surface area contributed by atoms with Crippen molar-refractivity contribution in [2.45, 2.75) is 0 Å². The zero-order valence-corrected chi connectivity index (χ0v) is 8.70. The molecule has 1 aromatic heterocycles. The van der Waals surface area contributed by atoms with Crippen molar-refractivity contribution < 1.29 is 14.5 Å². The minimum absolute atomic E-state index is 0.0653. The van der Waals surface area contributed by atoms with Crippen molar-refractivity contribution in [3.63, 3.8) is 0 Å². The van der Waals surface area contributed by atoms with Gasteiger partial charge in [-0.25, -0.2) is 9.78 Å². The molecule has 6 nitrogen and oxygen atoms in total. The molecule has 0 aliphatic rings. The molecule has 0 N–H and O–H groups in total. The fourth-order valence-corrected chi connectivity index (χ4v) is 1.37. The average molecular weight is 232 g/mol. The van der Waals surface area contributed by atoms with Gasteiger partial charge in [-0.05, 0) is 5.39 Å². The van der Waals surface area contributed by atoms with E-state index < -0.39 is 17.4 Å². The molecule has 0 radical (unpaired) electrons. The molecule has 0 saturated heterocycles. The monoisotopic (exact) mass is 232 g/mol. The van der Waals surface area contributed by atoms with Crippen LogP contribution in [-0.4, -0.2) is 22.4 Å². The Kier molecular flexibility index (Phi) is 2.95. The molecule has 0 fully saturated rings. The number of aromatic nitrogens is 1. The Morgan fingerprint density at radius 1 is 1.35 bits per heavy atom. The Labute approximate surface area is 96.0 Å². The summed E-state index contributed by atoms with van der Waals surface area (Å²) in [5, 5.41) is 11.9. The number of carbonyl (C=O) groups is 1. The normalized spacial score (nSPS) is 10.1. The molecule has 2 aromatic rings. The summed E-state index contributed by atoms with van der Waals surface area (Å²) in [7, 11) is 0. The molecular formula is C11H8N2O4. The molecule has 0 amide bonds. The summed E-state index contributed by atoms with van der Waals surface area (Å²) in [5.41, 5.74) is 0. The first-order chi connectivity index (χ1) is 8.15. The van der Waals surface area contributed by atoms with Gasteiger partial charge in [0.25, 0.3) is 6.54 Å².